The first-order valence-corrected chi connectivity index (χ1v) is 7.89. The van der Waals surface area contributed by atoms with Gasteiger partial charge in [-0.15, -0.1) is 11.8 Å². The monoisotopic (exact) mass is 302 g/mol. The molecule has 108 valence electrons. The van der Waals surface area contributed by atoms with E-state index < -0.39 is 0 Å². The molecule has 0 saturated carbocycles. The Balaban J connectivity index is 1.72. The lowest BCUT2D eigenvalue weighted by Crippen LogP contribution is -2.13. The topological polar surface area (TPSA) is 26.3 Å². The third kappa shape index (κ3) is 3.27. The Morgan fingerprint density at radius 1 is 1.19 bits per heavy atom. The summed E-state index contributed by atoms with van der Waals surface area (Å²) >= 11 is 1.41. The molecule has 0 N–H and O–H groups in total. The Labute approximate surface area is 127 Å². The molecular weight excluding hydrogens is 287 g/mol. The predicted octanol–water partition coefficient (Wildman–Crippen LogP) is 4.13. The zero-order chi connectivity index (χ0) is 14.7. The smallest absolute Gasteiger partial charge is 0.176 e. The van der Waals surface area contributed by atoms with E-state index in [4.69, 9.17) is 4.74 Å². The van der Waals surface area contributed by atoms with E-state index in [1.165, 1.54) is 23.9 Å². The minimum Gasteiger partial charge on any atom is -0.493 e. The van der Waals surface area contributed by atoms with Gasteiger partial charge in [-0.1, -0.05) is 12.1 Å². The van der Waals surface area contributed by atoms with Crippen molar-refractivity contribution in [2.24, 2.45) is 0 Å². The summed E-state index contributed by atoms with van der Waals surface area (Å²) in [5.74, 6) is 0.846. The van der Waals surface area contributed by atoms with Gasteiger partial charge >= 0.3 is 0 Å². The molecule has 0 radical (unpaired) electrons. The molecule has 1 heterocycles. The summed E-state index contributed by atoms with van der Waals surface area (Å²) in [4.78, 5) is 13.3. The molecular formula is C17H15FO2S. The van der Waals surface area contributed by atoms with Crippen LogP contribution in [0.1, 0.15) is 22.3 Å². The third-order valence-corrected chi connectivity index (χ3v) is 4.43. The maximum Gasteiger partial charge on any atom is 0.176 e. The first-order chi connectivity index (χ1) is 10.2. The van der Waals surface area contributed by atoms with E-state index >= 15 is 0 Å². The number of carbonyl (C=O) groups excluding carboxylic acids is 1. The van der Waals surface area contributed by atoms with Crippen LogP contribution in [0.5, 0.6) is 5.75 Å². The number of carbonyl (C=O) groups is 1. The van der Waals surface area contributed by atoms with Gasteiger partial charge in [-0.05, 0) is 48.7 Å². The van der Waals surface area contributed by atoms with E-state index in [1.54, 1.807) is 12.1 Å². The number of ketones is 1. The number of Topliss-reactive ketones (excluding diaryl/α,β-unsaturated/α-hetero) is 1. The second-order valence-corrected chi connectivity index (χ2v) is 5.96. The van der Waals surface area contributed by atoms with Gasteiger partial charge in [0.2, 0.25) is 0 Å². The molecule has 21 heavy (non-hydrogen) atoms. The van der Waals surface area contributed by atoms with E-state index in [-0.39, 0.29) is 11.6 Å². The van der Waals surface area contributed by atoms with Gasteiger partial charge in [0, 0.05) is 4.90 Å². The van der Waals surface area contributed by atoms with Crippen LogP contribution in [-0.2, 0) is 6.42 Å². The number of fused-ring (bicyclic) bond motifs is 1. The fraction of sp³-hybridized carbons (Fsp3) is 0.235. The van der Waals surface area contributed by atoms with Gasteiger partial charge in [0.15, 0.2) is 5.78 Å². The van der Waals surface area contributed by atoms with Crippen molar-refractivity contribution in [2.45, 2.75) is 17.7 Å². The summed E-state index contributed by atoms with van der Waals surface area (Å²) in [6.45, 7) is 0.669. The highest BCUT2D eigenvalue weighted by Crippen LogP contribution is 2.30. The first kappa shape index (κ1) is 14.1. The maximum absolute atomic E-state index is 12.8. The molecule has 0 amide bonds. The van der Waals surface area contributed by atoms with Crippen LogP contribution < -0.4 is 4.74 Å². The van der Waals surface area contributed by atoms with Crippen LogP contribution in [0.15, 0.2) is 47.4 Å². The molecule has 0 spiro atoms. The molecule has 2 aromatic carbocycles. The van der Waals surface area contributed by atoms with Gasteiger partial charge < -0.3 is 4.74 Å². The lowest BCUT2D eigenvalue weighted by molar-refractivity contribution is 0.101. The molecule has 2 nitrogen and oxygen atoms in total. The van der Waals surface area contributed by atoms with Crippen molar-refractivity contribution >= 4 is 17.5 Å². The Bertz CT molecular complexity index is 652. The molecule has 0 bridgehead atoms. The fourth-order valence-corrected chi connectivity index (χ4v) is 3.15. The number of hydrogen-bond acceptors (Lipinski definition) is 3. The second kappa shape index (κ2) is 6.31. The number of thioether (sulfide) groups is 1. The summed E-state index contributed by atoms with van der Waals surface area (Å²) in [5, 5.41) is 0. The SMILES string of the molecule is O=C(CSc1ccc(F)cc1)c1cccc2c1OCCC2. The van der Waals surface area contributed by atoms with Crippen LogP contribution in [0.3, 0.4) is 0 Å². The molecule has 0 aromatic heterocycles. The quantitative estimate of drug-likeness (QED) is 0.627. The number of ether oxygens (including phenoxy) is 1. The van der Waals surface area contributed by atoms with E-state index in [0.29, 0.717) is 17.9 Å². The van der Waals surface area contributed by atoms with Crippen LogP contribution in [0.4, 0.5) is 4.39 Å². The Kier molecular flexibility index (Phi) is 4.25. The Morgan fingerprint density at radius 2 is 2.00 bits per heavy atom. The number of halogens is 1. The number of hydrogen-bond donors (Lipinski definition) is 0. The molecule has 0 aliphatic carbocycles. The van der Waals surface area contributed by atoms with Crippen molar-refractivity contribution in [1.82, 2.24) is 0 Å². The van der Waals surface area contributed by atoms with E-state index in [2.05, 4.69) is 0 Å². The van der Waals surface area contributed by atoms with Crippen molar-refractivity contribution in [3.05, 3.63) is 59.4 Å². The molecule has 1 aliphatic rings. The minimum atomic E-state index is -0.267. The van der Waals surface area contributed by atoms with Crippen LogP contribution >= 0.6 is 11.8 Å². The normalized spacial score (nSPS) is 13.4. The standard InChI is InChI=1S/C17H15FO2S/c18-13-6-8-14(9-7-13)21-11-16(19)15-5-1-3-12-4-2-10-20-17(12)15/h1,3,5-9H,2,4,10-11H2. The van der Waals surface area contributed by atoms with Crippen molar-refractivity contribution in [3.8, 4) is 5.75 Å². The molecule has 0 atom stereocenters. The summed E-state index contributed by atoms with van der Waals surface area (Å²) in [6, 6.07) is 11.9. The number of benzene rings is 2. The zero-order valence-electron chi connectivity index (χ0n) is 11.5. The van der Waals surface area contributed by atoms with Crippen LogP contribution in [0.25, 0.3) is 0 Å². The number of para-hydroxylation sites is 1. The first-order valence-electron chi connectivity index (χ1n) is 6.90. The largest absolute Gasteiger partial charge is 0.493 e. The molecule has 0 fully saturated rings. The highest BCUT2D eigenvalue weighted by Gasteiger charge is 2.19. The lowest BCUT2D eigenvalue weighted by Gasteiger charge is -2.19. The zero-order valence-corrected chi connectivity index (χ0v) is 12.3. The third-order valence-electron chi connectivity index (χ3n) is 3.42. The lowest BCUT2D eigenvalue weighted by atomic mass is 10.0. The Morgan fingerprint density at radius 3 is 2.81 bits per heavy atom. The fourth-order valence-electron chi connectivity index (χ4n) is 2.37. The minimum absolute atomic E-state index is 0.0445. The average Bonchev–Trinajstić information content (AvgIpc) is 2.53. The second-order valence-electron chi connectivity index (χ2n) is 4.91. The molecule has 0 unspecified atom stereocenters. The average molecular weight is 302 g/mol. The summed E-state index contributed by atoms with van der Waals surface area (Å²) < 4.78 is 18.5. The molecule has 3 rings (SSSR count). The highest BCUT2D eigenvalue weighted by atomic mass is 32.2. The predicted molar refractivity (Wildman–Crippen MR) is 81.7 cm³/mol. The number of aryl methyl sites for hydroxylation is 1. The maximum atomic E-state index is 12.8. The number of rotatable bonds is 4. The molecule has 2 aromatic rings. The van der Waals surface area contributed by atoms with Gasteiger partial charge in [-0.2, -0.15) is 0 Å². The molecule has 4 heteroatoms. The van der Waals surface area contributed by atoms with Crippen molar-refractivity contribution in [1.29, 1.82) is 0 Å². The molecule has 1 aliphatic heterocycles. The van der Waals surface area contributed by atoms with Crippen molar-refractivity contribution < 1.29 is 13.9 Å². The van der Waals surface area contributed by atoms with Crippen LogP contribution in [0.2, 0.25) is 0 Å². The van der Waals surface area contributed by atoms with Gasteiger partial charge in [0.1, 0.15) is 11.6 Å². The van der Waals surface area contributed by atoms with E-state index in [9.17, 15) is 9.18 Å². The summed E-state index contributed by atoms with van der Waals surface area (Å²) in [6.07, 6.45) is 1.95. The highest BCUT2D eigenvalue weighted by molar-refractivity contribution is 8.00. The van der Waals surface area contributed by atoms with Gasteiger partial charge in [0.05, 0.1) is 17.9 Å². The Hall–Kier alpha value is -1.81. The van der Waals surface area contributed by atoms with Gasteiger partial charge in [-0.3, -0.25) is 4.79 Å². The van der Waals surface area contributed by atoms with Gasteiger partial charge in [-0.25, -0.2) is 4.39 Å². The van der Waals surface area contributed by atoms with Crippen LogP contribution in [0, 0.1) is 5.82 Å². The molecule has 0 saturated heterocycles. The van der Waals surface area contributed by atoms with Crippen molar-refractivity contribution in [3.63, 3.8) is 0 Å². The van der Waals surface area contributed by atoms with E-state index in [0.717, 1.165) is 29.1 Å². The summed E-state index contributed by atoms with van der Waals surface area (Å²) in [5.41, 5.74) is 1.76. The van der Waals surface area contributed by atoms with E-state index in [1.807, 2.05) is 18.2 Å². The van der Waals surface area contributed by atoms with Gasteiger partial charge in [0.25, 0.3) is 0 Å². The van der Waals surface area contributed by atoms with Crippen molar-refractivity contribution in [2.75, 3.05) is 12.4 Å². The van der Waals surface area contributed by atoms with Crippen LogP contribution in [-0.4, -0.2) is 18.1 Å². The summed E-state index contributed by atoms with van der Waals surface area (Å²) in [7, 11) is 0.